The van der Waals surface area contributed by atoms with Gasteiger partial charge in [-0.3, -0.25) is 4.79 Å². The first-order valence-electron chi connectivity index (χ1n) is 9.06. The number of anilines is 1. The van der Waals surface area contributed by atoms with Gasteiger partial charge in [0.2, 0.25) is 5.88 Å². The van der Waals surface area contributed by atoms with Crippen LogP contribution in [0.2, 0.25) is 0 Å². The number of ketones is 1. The second-order valence-corrected chi connectivity index (χ2v) is 8.01. The van der Waals surface area contributed by atoms with Crippen molar-refractivity contribution in [2.24, 2.45) is 5.41 Å². The van der Waals surface area contributed by atoms with Gasteiger partial charge in [0.05, 0.1) is 31.4 Å². The molecular weight excluding hydrogens is 344 g/mol. The number of allylic oxidation sites excluding steroid dienone is 2. The summed E-state index contributed by atoms with van der Waals surface area (Å²) in [5, 5.41) is 7.47. The predicted octanol–water partition coefficient (Wildman–Crippen LogP) is 4.20. The lowest BCUT2D eigenvalue weighted by Gasteiger charge is -2.38. The Balaban J connectivity index is 1.95. The third-order valence-corrected chi connectivity index (χ3v) is 5.42. The molecule has 2 aliphatic rings. The van der Waals surface area contributed by atoms with Gasteiger partial charge in [-0.15, -0.1) is 0 Å². The number of methoxy groups -OCH3 is 2. The number of nitrogens with one attached hydrogen (secondary N) is 1. The van der Waals surface area contributed by atoms with Gasteiger partial charge < -0.3 is 19.3 Å². The molecule has 4 rings (SSSR count). The van der Waals surface area contributed by atoms with Crippen LogP contribution < -0.4 is 14.8 Å². The normalized spacial score (nSPS) is 20.6. The highest BCUT2D eigenvalue weighted by Crippen LogP contribution is 2.51. The van der Waals surface area contributed by atoms with Crippen molar-refractivity contribution in [2.75, 3.05) is 19.5 Å². The first kappa shape index (κ1) is 17.6. The monoisotopic (exact) mass is 368 g/mol. The number of hydrogen-bond donors (Lipinski definition) is 1. The van der Waals surface area contributed by atoms with E-state index in [4.69, 9.17) is 14.0 Å². The first-order valence-corrected chi connectivity index (χ1v) is 9.06. The Morgan fingerprint density at radius 1 is 1.22 bits per heavy atom. The second-order valence-electron chi connectivity index (χ2n) is 8.01. The molecule has 6 nitrogen and oxygen atoms in total. The average Bonchev–Trinajstić information content (AvgIpc) is 2.99. The molecule has 0 saturated heterocycles. The zero-order valence-corrected chi connectivity index (χ0v) is 16.3. The summed E-state index contributed by atoms with van der Waals surface area (Å²) in [5.41, 5.74) is 4.19. The van der Waals surface area contributed by atoms with Crippen LogP contribution in [-0.2, 0) is 4.79 Å². The molecule has 0 spiro atoms. The number of fused-ring (bicyclic) bond motifs is 1. The summed E-state index contributed by atoms with van der Waals surface area (Å²) in [7, 11) is 3.25. The number of aryl methyl sites for hydroxylation is 1. The third kappa shape index (κ3) is 2.80. The van der Waals surface area contributed by atoms with Crippen LogP contribution in [0.3, 0.4) is 0 Å². The van der Waals surface area contributed by atoms with E-state index in [9.17, 15) is 4.79 Å². The zero-order valence-electron chi connectivity index (χ0n) is 16.3. The average molecular weight is 368 g/mol. The molecule has 6 heteroatoms. The lowest BCUT2D eigenvalue weighted by molar-refractivity contribution is -0.118. The van der Waals surface area contributed by atoms with Crippen LogP contribution in [0, 0.1) is 12.3 Å². The van der Waals surface area contributed by atoms with E-state index in [0.717, 1.165) is 34.5 Å². The third-order valence-electron chi connectivity index (χ3n) is 5.42. The zero-order chi connectivity index (χ0) is 19.3. The fraction of sp³-hybridized carbons (Fsp3) is 0.429. The maximum Gasteiger partial charge on any atom is 0.233 e. The highest BCUT2D eigenvalue weighted by molar-refractivity contribution is 6.01. The van der Waals surface area contributed by atoms with Gasteiger partial charge in [0, 0.05) is 29.3 Å². The van der Waals surface area contributed by atoms with Crippen molar-refractivity contribution in [1.82, 2.24) is 5.16 Å². The topological polar surface area (TPSA) is 73.6 Å². The molecule has 0 amide bonds. The lowest BCUT2D eigenvalue weighted by Crippen LogP contribution is -2.33. The summed E-state index contributed by atoms with van der Waals surface area (Å²) in [4.78, 5) is 13.2. The highest BCUT2D eigenvalue weighted by atomic mass is 16.5. The molecule has 1 aliphatic heterocycles. The van der Waals surface area contributed by atoms with Crippen LogP contribution in [0.25, 0.3) is 0 Å². The van der Waals surface area contributed by atoms with Crippen molar-refractivity contribution in [1.29, 1.82) is 0 Å². The van der Waals surface area contributed by atoms with Crippen LogP contribution in [0.1, 0.15) is 49.4 Å². The smallest absolute Gasteiger partial charge is 0.233 e. The summed E-state index contributed by atoms with van der Waals surface area (Å²) in [6.07, 6.45) is 1.30. The van der Waals surface area contributed by atoms with Crippen molar-refractivity contribution in [3.05, 3.63) is 46.3 Å². The van der Waals surface area contributed by atoms with Gasteiger partial charge in [-0.2, -0.15) is 0 Å². The number of Topliss-reactive ketones (excluding diaryl/α,β-unsaturated/α-hetero) is 1. The van der Waals surface area contributed by atoms with Gasteiger partial charge >= 0.3 is 0 Å². The number of aromatic nitrogens is 1. The second kappa shape index (κ2) is 6.15. The van der Waals surface area contributed by atoms with Gasteiger partial charge in [0.25, 0.3) is 0 Å². The molecule has 0 saturated carbocycles. The maximum atomic E-state index is 13.2. The lowest BCUT2D eigenvalue weighted by atomic mass is 9.69. The molecular formula is C21H24N2O4. The summed E-state index contributed by atoms with van der Waals surface area (Å²) in [6.45, 7) is 6.12. The molecule has 1 aromatic carbocycles. The molecule has 1 aromatic heterocycles. The van der Waals surface area contributed by atoms with E-state index in [1.54, 1.807) is 14.2 Å². The number of nitrogens with zero attached hydrogens (tertiary/aromatic N) is 1. The Morgan fingerprint density at radius 2 is 2.00 bits per heavy atom. The van der Waals surface area contributed by atoms with E-state index in [-0.39, 0.29) is 17.1 Å². The SMILES string of the molecule is COc1ccc([C@H]2C3=C(CC(C)(C)CC3=O)Nc3onc(C)c32)c(OC)c1. The summed E-state index contributed by atoms with van der Waals surface area (Å²) in [5.74, 6) is 1.88. The fourth-order valence-corrected chi connectivity index (χ4v) is 4.24. The quantitative estimate of drug-likeness (QED) is 0.875. The minimum Gasteiger partial charge on any atom is -0.497 e. The minimum atomic E-state index is -0.271. The van der Waals surface area contributed by atoms with Crippen LogP contribution in [-0.4, -0.2) is 25.2 Å². The molecule has 2 heterocycles. The maximum absolute atomic E-state index is 13.2. The van der Waals surface area contributed by atoms with Crippen molar-refractivity contribution in [3.8, 4) is 11.5 Å². The van der Waals surface area contributed by atoms with E-state index in [0.29, 0.717) is 23.8 Å². The summed E-state index contributed by atoms with van der Waals surface area (Å²) in [6, 6.07) is 5.69. The van der Waals surface area contributed by atoms with Crippen molar-refractivity contribution >= 4 is 11.7 Å². The van der Waals surface area contributed by atoms with E-state index in [2.05, 4.69) is 24.3 Å². The van der Waals surface area contributed by atoms with E-state index < -0.39 is 0 Å². The first-order chi connectivity index (χ1) is 12.8. The molecule has 2 aromatic rings. The number of carbonyl (C=O) groups is 1. The molecule has 142 valence electrons. The van der Waals surface area contributed by atoms with Crippen LogP contribution in [0.4, 0.5) is 5.88 Å². The molecule has 27 heavy (non-hydrogen) atoms. The van der Waals surface area contributed by atoms with Gasteiger partial charge in [-0.25, -0.2) is 0 Å². The van der Waals surface area contributed by atoms with Crippen molar-refractivity contribution in [2.45, 2.75) is 39.5 Å². The molecule has 1 N–H and O–H groups in total. The van der Waals surface area contributed by atoms with Crippen LogP contribution in [0.15, 0.2) is 34.0 Å². The number of benzene rings is 1. The molecule has 0 bridgehead atoms. The Labute approximate surface area is 158 Å². The van der Waals surface area contributed by atoms with Gasteiger partial charge in [-0.1, -0.05) is 25.1 Å². The van der Waals surface area contributed by atoms with Gasteiger partial charge in [0.15, 0.2) is 5.78 Å². The largest absolute Gasteiger partial charge is 0.497 e. The van der Waals surface area contributed by atoms with Crippen LogP contribution in [0.5, 0.6) is 11.5 Å². The van der Waals surface area contributed by atoms with E-state index in [1.165, 1.54) is 0 Å². The molecule has 0 radical (unpaired) electrons. The number of carbonyl (C=O) groups excluding carboxylic acids is 1. The fourth-order valence-electron chi connectivity index (χ4n) is 4.24. The predicted molar refractivity (Wildman–Crippen MR) is 101 cm³/mol. The van der Waals surface area contributed by atoms with E-state index in [1.807, 2.05) is 25.1 Å². The van der Waals surface area contributed by atoms with E-state index >= 15 is 0 Å². The standard InChI is InChI=1S/C21H24N2O4/c1-11-17-18(13-7-6-12(25-4)8-16(13)26-5)19-14(22-20(17)27-23-11)9-21(2,3)10-15(19)24/h6-8,18,22H,9-10H2,1-5H3/t18-/m1/s1. The Morgan fingerprint density at radius 3 is 2.70 bits per heavy atom. The molecule has 1 atom stereocenters. The number of ether oxygens (including phenoxy) is 2. The Bertz CT molecular complexity index is 955. The number of rotatable bonds is 3. The molecule has 1 aliphatic carbocycles. The summed E-state index contributed by atoms with van der Waals surface area (Å²) < 4.78 is 16.5. The van der Waals surface area contributed by atoms with Gasteiger partial charge in [-0.05, 0) is 24.8 Å². The van der Waals surface area contributed by atoms with Crippen molar-refractivity contribution in [3.63, 3.8) is 0 Å². The Kier molecular flexibility index (Phi) is 4.02. The number of hydrogen-bond acceptors (Lipinski definition) is 6. The van der Waals surface area contributed by atoms with Crippen molar-refractivity contribution < 1.29 is 18.8 Å². The van der Waals surface area contributed by atoms with Gasteiger partial charge in [0.1, 0.15) is 11.5 Å². The van der Waals surface area contributed by atoms with Crippen LogP contribution >= 0.6 is 0 Å². The summed E-state index contributed by atoms with van der Waals surface area (Å²) >= 11 is 0. The minimum absolute atomic E-state index is 0.0932. The molecule has 0 fully saturated rings. The molecule has 0 unspecified atom stereocenters. The Hall–Kier alpha value is -2.76. The highest BCUT2D eigenvalue weighted by Gasteiger charge is 2.43.